The van der Waals surface area contributed by atoms with Crippen LogP contribution in [0, 0.1) is 0 Å². The number of halogens is 3. The summed E-state index contributed by atoms with van der Waals surface area (Å²) in [6, 6.07) is 10.5. The summed E-state index contributed by atoms with van der Waals surface area (Å²) in [6.07, 6.45) is -4.91. The molecule has 0 radical (unpaired) electrons. The molecule has 3 N–H and O–H groups in total. The van der Waals surface area contributed by atoms with Gasteiger partial charge in [-0.1, -0.05) is 51.1 Å². The maximum absolute atomic E-state index is 13.2. The number of carbonyl (C=O) groups is 2. The van der Waals surface area contributed by atoms with Gasteiger partial charge < -0.3 is 11.1 Å². The van der Waals surface area contributed by atoms with Crippen LogP contribution in [0.3, 0.4) is 0 Å². The van der Waals surface area contributed by atoms with Crippen molar-refractivity contribution in [1.82, 2.24) is 5.32 Å². The Morgan fingerprint density at radius 1 is 1.00 bits per heavy atom. The lowest BCUT2D eigenvalue weighted by atomic mass is 9.86. The summed E-state index contributed by atoms with van der Waals surface area (Å²) < 4.78 is 39.5. The van der Waals surface area contributed by atoms with Gasteiger partial charge in [0, 0.05) is 12.0 Å². The van der Waals surface area contributed by atoms with E-state index in [4.69, 9.17) is 5.73 Å². The van der Waals surface area contributed by atoms with Crippen molar-refractivity contribution in [2.75, 3.05) is 0 Å². The van der Waals surface area contributed by atoms with Gasteiger partial charge in [-0.2, -0.15) is 13.2 Å². The molecule has 150 valence electrons. The second-order valence-corrected chi connectivity index (χ2v) is 7.61. The van der Waals surface area contributed by atoms with Gasteiger partial charge in [0.05, 0.1) is 5.56 Å². The standard InChI is InChI=1S/C21H23F3N2O2/c1-20(2,3)15-10-8-13(9-11-15)19(28)26-17(18(25)27)12-14-6-4-5-7-16(14)21(22,23)24/h4-11,17H,12H2,1-3H3,(H2,25,27)(H,26,28)/t17-/m1/s1. The number of hydrogen-bond acceptors (Lipinski definition) is 2. The van der Waals surface area contributed by atoms with Crippen LogP contribution in [-0.4, -0.2) is 17.9 Å². The van der Waals surface area contributed by atoms with Crippen molar-refractivity contribution >= 4 is 11.8 Å². The molecule has 0 heterocycles. The van der Waals surface area contributed by atoms with E-state index < -0.39 is 29.6 Å². The van der Waals surface area contributed by atoms with Gasteiger partial charge in [0.2, 0.25) is 5.91 Å². The maximum atomic E-state index is 13.2. The van der Waals surface area contributed by atoms with E-state index in [0.29, 0.717) is 5.56 Å². The molecule has 0 aliphatic heterocycles. The fourth-order valence-corrected chi connectivity index (χ4v) is 2.78. The second-order valence-electron chi connectivity index (χ2n) is 7.61. The number of alkyl halides is 3. The molecule has 28 heavy (non-hydrogen) atoms. The Kier molecular flexibility index (Phi) is 6.17. The third kappa shape index (κ3) is 5.34. The van der Waals surface area contributed by atoms with E-state index in [-0.39, 0.29) is 17.4 Å². The third-order valence-corrected chi connectivity index (χ3v) is 4.41. The largest absolute Gasteiger partial charge is 0.416 e. The van der Waals surface area contributed by atoms with Crippen molar-refractivity contribution in [1.29, 1.82) is 0 Å². The molecule has 2 rings (SSSR count). The molecule has 0 saturated carbocycles. The van der Waals surface area contributed by atoms with E-state index in [1.165, 1.54) is 18.2 Å². The fraction of sp³-hybridized carbons (Fsp3) is 0.333. The van der Waals surface area contributed by atoms with Crippen molar-refractivity contribution in [3.63, 3.8) is 0 Å². The highest BCUT2D eigenvalue weighted by Gasteiger charge is 2.34. The first-order valence-corrected chi connectivity index (χ1v) is 8.75. The average molecular weight is 392 g/mol. The van der Waals surface area contributed by atoms with E-state index in [1.54, 1.807) is 24.3 Å². The van der Waals surface area contributed by atoms with Gasteiger partial charge in [0.1, 0.15) is 6.04 Å². The van der Waals surface area contributed by atoms with Crippen molar-refractivity contribution in [2.24, 2.45) is 5.73 Å². The summed E-state index contributed by atoms with van der Waals surface area (Å²) in [4.78, 5) is 24.2. The highest BCUT2D eigenvalue weighted by atomic mass is 19.4. The monoisotopic (exact) mass is 392 g/mol. The number of primary amides is 1. The highest BCUT2D eigenvalue weighted by molar-refractivity contribution is 5.97. The molecule has 0 saturated heterocycles. The second kappa shape index (κ2) is 8.04. The molecule has 4 nitrogen and oxygen atoms in total. The molecule has 2 aromatic rings. The van der Waals surface area contributed by atoms with Crippen molar-refractivity contribution in [3.8, 4) is 0 Å². The number of rotatable bonds is 5. The predicted octanol–water partition coefficient (Wildman–Crippen LogP) is 3.83. The van der Waals surface area contributed by atoms with Crippen LogP contribution in [0.15, 0.2) is 48.5 Å². The molecule has 1 atom stereocenters. The molecular weight excluding hydrogens is 369 g/mol. The van der Waals surface area contributed by atoms with E-state index >= 15 is 0 Å². The summed E-state index contributed by atoms with van der Waals surface area (Å²) in [7, 11) is 0. The lowest BCUT2D eigenvalue weighted by Crippen LogP contribution is -2.46. The van der Waals surface area contributed by atoms with Crippen molar-refractivity contribution in [3.05, 3.63) is 70.8 Å². The first-order chi connectivity index (χ1) is 12.9. The molecule has 0 fully saturated rings. The van der Waals surface area contributed by atoms with Gasteiger partial charge in [0.15, 0.2) is 0 Å². The van der Waals surface area contributed by atoms with Crippen LogP contribution >= 0.6 is 0 Å². The molecule has 0 aliphatic carbocycles. The Hall–Kier alpha value is -2.83. The van der Waals surface area contributed by atoms with Crippen LogP contribution in [0.4, 0.5) is 13.2 Å². The summed E-state index contributed by atoms with van der Waals surface area (Å²) in [5.74, 6) is -1.48. The van der Waals surface area contributed by atoms with Crippen LogP contribution in [0.5, 0.6) is 0 Å². The molecule has 7 heteroatoms. The summed E-state index contributed by atoms with van der Waals surface area (Å²) in [5.41, 5.74) is 5.58. The number of hydrogen-bond donors (Lipinski definition) is 2. The number of nitrogens with one attached hydrogen (secondary N) is 1. The Balaban J connectivity index is 2.20. The van der Waals surface area contributed by atoms with Crippen LogP contribution in [0.1, 0.15) is 47.8 Å². The minimum absolute atomic E-state index is 0.0912. The molecular formula is C21H23F3N2O2. The molecule has 2 aromatic carbocycles. The molecule has 2 amide bonds. The van der Waals surface area contributed by atoms with Crippen molar-refractivity contribution < 1.29 is 22.8 Å². The molecule has 0 spiro atoms. The predicted molar refractivity (Wildman–Crippen MR) is 101 cm³/mol. The van der Waals surface area contributed by atoms with E-state index in [0.717, 1.165) is 11.6 Å². The number of nitrogens with two attached hydrogens (primary N) is 1. The quantitative estimate of drug-likeness (QED) is 0.812. The fourth-order valence-electron chi connectivity index (χ4n) is 2.78. The van der Waals surface area contributed by atoms with Gasteiger partial charge in [-0.25, -0.2) is 0 Å². The zero-order valence-electron chi connectivity index (χ0n) is 15.9. The van der Waals surface area contributed by atoms with E-state index in [2.05, 4.69) is 5.32 Å². The number of amides is 2. The van der Waals surface area contributed by atoms with E-state index in [1.807, 2.05) is 20.8 Å². The number of benzene rings is 2. The Labute approximate surface area is 161 Å². The van der Waals surface area contributed by atoms with Crippen LogP contribution in [0.25, 0.3) is 0 Å². The third-order valence-electron chi connectivity index (χ3n) is 4.41. The minimum Gasteiger partial charge on any atom is -0.368 e. The van der Waals surface area contributed by atoms with Gasteiger partial charge in [-0.05, 0) is 34.7 Å². The van der Waals surface area contributed by atoms with Gasteiger partial charge in [-0.15, -0.1) is 0 Å². The maximum Gasteiger partial charge on any atom is 0.416 e. The Morgan fingerprint density at radius 3 is 2.07 bits per heavy atom. The van der Waals surface area contributed by atoms with Crippen LogP contribution in [0.2, 0.25) is 0 Å². The zero-order chi connectivity index (χ0) is 21.1. The first-order valence-electron chi connectivity index (χ1n) is 8.75. The average Bonchev–Trinajstić information content (AvgIpc) is 2.60. The minimum atomic E-state index is -4.56. The van der Waals surface area contributed by atoms with Gasteiger partial charge >= 0.3 is 6.18 Å². The Bertz CT molecular complexity index is 853. The lowest BCUT2D eigenvalue weighted by molar-refractivity contribution is -0.138. The smallest absolute Gasteiger partial charge is 0.368 e. The van der Waals surface area contributed by atoms with Gasteiger partial charge in [0.25, 0.3) is 5.91 Å². The topological polar surface area (TPSA) is 72.2 Å². The summed E-state index contributed by atoms with van der Waals surface area (Å²) in [5, 5.41) is 2.44. The number of carbonyl (C=O) groups excluding carboxylic acids is 2. The van der Waals surface area contributed by atoms with Gasteiger partial charge in [-0.3, -0.25) is 9.59 Å². The summed E-state index contributed by atoms with van der Waals surface area (Å²) >= 11 is 0. The van der Waals surface area contributed by atoms with E-state index in [9.17, 15) is 22.8 Å². The zero-order valence-corrected chi connectivity index (χ0v) is 15.9. The SMILES string of the molecule is CC(C)(C)c1ccc(C(=O)N[C@H](Cc2ccccc2C(F)(F)F)C(N)=O)cc1. The van der Waals surface area contributed by atoms with Crippen molar-refractivity contribution in [2.45, 2.75) is 44.8 Å². The van der Waals surface area contributed by atoms with Crippen LogP contribution in [-0.2, 0) is 22.8 Å². The van der Waals surface area contributed by atoms with Crippen LogP contribution < -0.4 is 11.1 Å². The lowest BCUT2D eigenvalue weighted by Gasteiger charge is -2.20. The highest BCUT2D eigenvalue weighted by Crippen LogP contribution is 2.32. The molecule has 0 bridgehead atoms. The normalized spacial score (nSPS) is 13.1. The molecule has 0 aliphatic rings. The molecule has 0 aromatic heterocycles. The summed E-state index contributed by atoms with van der Waals surface area (Å²) in [6.45, 7) is 6.09. The Morgan fingerprint density at radius 2 is 1.57 bits per heavy atom. The first kappa shape index (κ1) is 21.5. The molecule has 0 unspecified atom stereocenters.